The Kier molecular flexibility index (Phi) is 12.2. The van der Waals surface area contributed by atoms with Crippen LogP contribution in [0.2, 0.25) is 0 Å². The molecule has 1 fully saturated rings. The van der Waals surface area contributed by atoms with Gasteiger partial charge in [-0.15, -0.1) is 0 Å². The lowest BCUT2D eigenvalue weighted by molar-refractivity contribution is -0.150. The van der Waals surface area contributed by atoms with Crippen LogP contribution in [0.5, 0.6) is 0 Å². The Balaban J connectivity index is 1.64. The maximum absolute atomic E-state index is 14.5. The minimum atomic E-state index is -0.821. The molecule has 2 unspecified atom stereocenters. The van der Waals surface area contributed by atoms with Crippen LogP contribution in [0.4, 0.5) is 0 Å². The smallest absolute Gasteiger partial charge is 0.246 e. The van der Waals surface area contributed by atoms with Gasteiger partial charge in [-0.1, -0.05) is 83.3 Å². The van der Waals surface area contributed by atoms with Crippen molar-refractivity contribution in [2.24, 2.45) is 11.7 Å². The van der Waals surface area contributed by atoms with Crippen LogP contribution >= 0.6 is 22.6 Å². The zero-order valence-electron chi connectivity index (χ0n) is 27.1. The summed E-state index contributed by atoms with van der Waals surface area (Å²) in [5.74, 6) is -0.473. The van der Waals surface area contributed by atoms with E-state index in [-0.39, 0.29) is 23.6 Å². The van der Waals surface area contributed by atoms with E-state index in [2.05, 4.69) is 40.8 Å². The standard InChI is InChI=1S/C36H49IN4O4/c1-36(2,38)19-7-10-33(43)39(3)31(24-26-11-14-27-8-5-6-9-28(27)22-26)34(44)40(4)32(23-25-12-15-29(37)16-13-25)35(45)41-20-17-30(42)18-21-41/h5-12,14-15,22,25,29-32,42H,13,16-21,23-24,38H2,1-4H3/b10-7+/t25?,29?,31-,32-/m1/s1. The Bertz CT molecular complexity index is 1390. The molecule has 45 heavy (non-hydrogen) atoms. The number of allylic oxidation sites excluding steroid dienone is 2. The molecule has 3 N–H and O–H groups in total. The number of amides is 3. The third-order valence-corrected chi connectivity index (χ3v) is 10.1. The van der Waals surface area contributed by atoms with Crippen LogP contribution < -0.4 is 5.73 Å². The normalized spacial score (nSPS) is 20.7. The number of rotatable bonds is 11. The molecular weight excluding hydrogens is 679 g/mol. The van der Waals surface area contributed by atoms with E-state index in [9.17, 15) is 19.5 Å². The second-order valence-electron chi connectivity index (χ2n) is 13.4. The van der Waals surface area contributed by atoms with Gasteiger partial charge in [0.1, 0.15) is 12.1 Å². The Labute approximate surface area is 281 Å². The summed E-state index contributed by atoms with van der Waals surface area (Å²) in [5, 5.41) is 12.2. The van der Waals surface area contributed by atoms with Crippen LogP contribution in [0.25, 0.3) is 10.8 Å². The van der Waals surface area contributed by atoms with E-state index in [4.69, 9.17) is 5.73 Å². The number of likely N-dealkylation sites (tertiary alicyclic amines) is 1. The van der Waals surface area contributed by atoms with Gasteiger partial charge in [0, 0.05) is 43.1 Å². The molecule has 2 aromatic rings. The number of nitrogens with zero attached hydrogens (tertiary/aromatic N) is 3. The van der Waals surface area contributed by atoms with E-state index in [1.807, 2.05) is 50.2 Å². The summed E-state index contributed by atoms with van der Waals surface area (Å²) in [4.78, 5) is 46.9. The zero-order chi connectivity index (χ0) is 32.7. The van der Waals surface area contributed by atoms with Gasteiger partial charge in [0.15, 0.2) is 0 Å². The van der Waals surface area contributed by atoms with Crippen LogP contribution in [0.3, 0.4) is 0 Å². The van der Waals surface area contributed by atoms with Gasteiger partial charge in [-0.25, -0.2) is 0 Å². The Morgan fingerprint density at radius 3 is 2.33 bits per heavy atom. The molecule has 0 aromatic heterocycles. The first-order chi connectivity index (χ1) is 21.3. The largest absolute Gasteiger partial charge is 0.393 e. The van der Waals surface area contributed by atoms with Crippen molar-refractivity contribution in [2.75, 3.05) is 27.2 Å². The molecule has 2 aromatic carbocycles. The summed E-state index contributed by atoms with van der Waals surface area (Å²) in [7, 11) is 3.36. The number of alkyl halides is 1. The highest BCUT2D eigenvalue weighted by Crippen LogP contribution is 2.29. The molecule has 0 radical (unpaired) electrons. The Hall–Kier alpha value is -2.76. The van der Waals surface area contributed by atoms with Crippen molar-refractivity contribution in [3.8, 4) is 0 Å². The van der Waals surface area contributed by atoms with Crippen molar-refractivity contribution in [3.05, 3.63) is 72.3 Å². The molecule has 3 amide bonds. The van der Waals surface area contributed by atoms with Gasteiger partial charge in [0.2, 0.25) is 17.7 Å². The fourth-order valence-corrected chi connectivity index (χ4v) is 6.75. The van der Waals surface area contributed by atoms with Gasteiger partial charge in [-0.2, -0.15) is 0 Å². The lowest BCUT2D eigenvalue weighted by Crippen LogP contribution is -2.57. The van der Waals surface area contributed by atoms with Gasteiger partial charge >= 0.3 is 0 Å². The van der Waals surface area contributed by atoms with Gasteiger partial charge in [0.05, 0.1) is 6.10 Å². The topological polar surface area (TPSA) is 107 Å². The quantitative estimate of drug-likeness (QED) is 0.149. The number of aliphatic hydroxyl groups is 1. The van der Waals surface area contributed by atoms with Gasteiger partial charge < -0.3 is 25.5 Å². The number of likely N-dealkylation sites (N-methyl/N-ethyl adjacent to an activating group) is 2. The number of carbonyl (C=O) groups is 3. The highest BCUT2D eigenvalue weighted by molar-refractivity contribution is 14.1. The number of halogens is 1. The van der Waals surface area contributed by atoms with Crippen molar-refractivity contribution in [1.82, 2.24) is 14.7 Å². The lowest BCUT2D eigenvalue weighted by Gasteiger charge is -2.39. The molecule has 2 aliphatic rings. The molecule has 1 heterocycles. The van der Waals surface area contributed by atoms with Crippen molar-refractivity contribution >= 4 is 51.1 Å². The predicted molar refractivity (Wildman–Crippen MR) is 189 cm³/mol. The Morgan fingerprint density at radius 2 is 1.69 bits per heavy atom. The number of piperidine rings is 1. The lowest BCUT2D eigenvalue weighted by atomic mass is 9.88. The maximum atomic E-state index is 14.5. The first-order valence-electron chi connectivity index (χ1n) is 16.1. The number of hydrogen-bond donors (Lipinski definition) is 2. The molecule has 0 bridgehead atoms. The minimum absolute atomic E-state index is 0.0914. The van der Waals surface area contributed by atoms with Crippen molar-refractivity contribution < 1.29 is 19.5 Å². The molecule has 9 heteroatoms. The monoisotopic (exact) mass is 728 g/mol. The molecule has 1 saturated heterocycles. The van der Waals surface area contributed by atoms with E-state index in [0.717, 1.165) is 29.2 Å². The minimum Gasteiger partial charge on any atom is -0.393 e. The van der Waals surface area contributed by atoms with Gasteiger partial charge in [-0.3, -0.25) is 14.4 Å². The van der Waals surface area contributed by atoms with E-state index >= 15 is 0 Å². The van der Waals surface area contributed by atoms with E-state index in [1.165, 1.54) is 11.0 Å². The molecule has 1 aliphatic carbocycles. The maximum Gasteiger partial charge on any atom is 0.246 e. The number of benzene rings is 2. The van der Waals surface area contributed by atoms with Crippen LogP contribution in [-0.4, -0.2) is 92.4 Å². The first-order valence-corrected chi connectivity index (χ1v) is 17.3. The van der Waals surface area contributed by atoms with Crippen molar-refractivity contribution in [2.45, 2.75) is 86.4 Å². The Morgan fingerprint density at radius 1 is 1.00 bits per heavy atom. The summed E-state index contributed by atoms with van der Waals surface area (Å²) in [6.07, 6.45) is 11.6. The average molecular weight is 729 g/mol. The molecule has 0 spiro atoms. The van der Waals surface area contributed by atoms with Crippen LogP contribution in [0.1, 0.15) is 57.9 Å². The molecule has 4 atom stereocenters. The second kappa shape index (κ2) is 15.7. The molecule has 244 valence electrons. The number of carbonyl (C=O) groups excluding carboxylic acids is 3. The third-order valence-electron chi connectivity index (χ3n) is 9.06. The van der Waals surface area contributed by atoms with Crippen LogP contribution in [0, 0.1) is 5.92 Å². The third kappa shape index (κ3) is 9.86. The van der Waals surface area contributed by atoms with Crippen molar-refractivity contribution in [3.63, 3.8) is 0 Å². The summed E-state index contributed by atoms with van der Waals surface area (Å²) in [6, 6.07) is 12.7. The number of hydrogen-bond acceptors (Lipinski definition) is 5. The highest BCUT2D eigenvalue weighted by Gasteiger charge is 2.38. The van der Waals surface area contributed by atoms with Crippen molar-refractivity contribution in [1.29, 1.82) is 0 Å². The first kappa shape index (κ1) is 35.1. The summed E-state index contributed by atoms with van der Waals surface area (Å²) in [6.45, 7) is 4.73. The molecule has 0 saturated carbocycles. The number of aliphatic hydroxyl groups excluding tert-OH is 1. The summed E-state index contributed by atoms with van der Waals surface area (Å²) in [5.41, 5.74) is 6.59. The van der Waals surface area contributed by atoms with E-state index < -0.39 is 23.7 Å². The number of fused-ring (bicyclic) bond motifs is 1. The molecule has 1 aliphatic heterocycles. The van der Waals surface area contributed by atoms with Gasteiger partial charge in [0.25, 0.3) is 0 Å². The van der Waals surface area contributed by atoms with E-state index in [1.54, 1.807) is 30.0 Å². The van der Waals surface area contributed by atoms with Crippen LogP contribution in [0.15, 0.2) is 66.8 Å². The van der Waals surface area contributed by atoms with Crippen LogP contribution in [-0.2, 0) is 20.8 Å². The van der Waals surface area contributed by atoms with Gasteiger partial charge in [-0.05, 0) is 80.7 Å². The fraction of sp³-hybridized carbons (Fsp3) is 0.528. The fourth-order valence-electron chi connectivity index (χ4n) is 6.15. The molecular formula is C36H49IN4O4. The average Bonchev–Trinajstić information content (AvgIpc) is 3.01. The summed E-state index contributed by atoms with van der Waals surface area (Å²) < 4.78 is 0.472. The second-order valence-corrected chi connectivity index (χ2v) is 15.0. The zero-order valence-corrected chi connectivity index (χ0v) is 29.2. The SMILES string of the molecule is CN(C(=O)/C=C/CC(C)(C)N)[C@H](Cc1ccc2ccccc2c1)C(=O)N(C)[C@H](CC1C=CC(I)CC1)C(=O)N1CCC(O)CC1. The number of nitrogens with two attached hydrogens (primary N) is 1. The van der Waals surface area contributed by atoms with E-state index in [0.29, 0.717) is 49.1 Å². The highest BCUT2D eigenvalue weighted by atomic mass is 127. The summed E-state index contributed by atoms with van der Waals surface area (Å²) >= 11 is 2.43. The predicted octanol–water partition coefficient (Wildman–Crippen LogP) is 4.86. The molecule has 4 rings (SSSR count). The molecule has 8 nitrogen and oxygen atoms in total.